The summed E-state index contributed by atoms with van der Waals surface area (Å²) in [7, 11) is 3.27. The number of carbonyl (C=O) groups is 1. The van der Waals surface area contributed by atoms with E-state index in [9.17, 15) is 4.79 Å². The van der Waals surface area contributed by atoms with Gasteiger partial charge in [0.2, 0.25) is 0 Å². The van der Waals surface area contributed by atoms with Crippen LogP contribution in [0.3, 0.4) is 0 Å². The maximum absolute atomic E-state index is 11.6. The Balaban J connectivity index is 0.00000529. The predicted molar refractivity (Wildman–Crippen MR) is 95.7 cm³/mol. The molecule has 1 rings (SSSR count). The van der Waals surface area contributed by atoms with Gasteiger partial charge in [-0.2, -0.15) is 0 Å². The molecule has 5 heteroatoms. The summed E-state index contributed by atoms with van der Waals surface area (Å²) in [6.07, 6.45) is 10.7. The van der Waals surface area contributed by atoms with E-state index in [1.54, 1.807) is 14.2 Å². The van der Waals surface area contributed by atoms with Crippen LogP contribution < -0.4 is 0 Å². The van der Waals surface area contributed by atoms with Gasteiger partial charge in [0.05, 0.1) is 6.10 Å². The summed E-state index contributed by atoms with van der Waals surface area (Å²) in [5.74, 6) is -0.231. The molecule has 0 aromatic carbocycles. The topological polar surface area (TPSA) is 54.0 Å². The number of rotatable bonds is 4. The zero-order valence-electron chi connectivity index (χ0n) is 14.5. The van der Waals surface area contributed by atoms with Crippen LogP contribution in [0.15, 0.2) is 36.0 Å². The smallest absolute Gasteiger partial charge is 0.330 e. The zero-order valence-corrected chi connectivity index (χ0v) is 14.5. The van der Waals surface area contributed by atoms with Crippen molar-refractivity contribution < 1.29 is 23.7 Å². The summed E-state index contributed by atoms with van der Waals surface area (Å²) < 4.78 is 21.6. The molecule has 1 aliphatic heterocycles. The van der Waals surface area contributed by atoms with E-state index in [0.717, 1.165) is 18.4 Å². The van der Waals surface area contributed by atoms with Gasteiger partial charge in [0.1, 0.15) is 19.5 Å². The number of hydrogen-bond donors (Lipinski definition) is 0. The summed E-state index contributed by atoms with van der Waals surface area (Å²) in [4.78, 5) is 11.6. The number of ether oxygens (including phenoxy) is 4. The van der Waals surface area contributed by atoms with Gasteiger partial charge in [0.25, 0.3) is 0 Å². The van der Waals surface area contributed by atoms with Crippen LogP contribution in [-0.2, 0) is 23.7 Å². The Morgan fingerprint density at radius 3 is 2.62 bits per heavy atom. The van der Waals surface area contributed by atoms with Crippen molar-refractivity contribution in [3.63, 3.8) is 0 Å². The third kappa shape index (κ3) is 8.43. The summed E-state index contributed by atoms with van der Waals surface area (Å²) in [5.41, 5.74) is 0.973. The van der Waals surface area contributed by atoms with E-state index < -0.39 is 0 Å². The first-order chi connectivity index (χ1) is 11.1. The quantitative estimate of drug-likeness (QED) is 0.444. The average Bonchev–Trinajstić information content (AvgIpc) is 2.53. The molecule has 0 spiro atoms. The molecule has 0 amide bonds. The Hall–Kier alpha value is -1.43. The molecular weight excluding hydrogens is 308 g/mol. The number of esters is 1. The highest BCUT2D eigenvalue weighted by Gasteiger charge is 2.25. The highest BCUT2D eigenvalue weighted by molar-refractivity contribution is 5.81. The maximum Gasteiger partial charge on any atom is 0.330 e. The summed E-state index contributed by atoms with van der Waals surface area (Å²) in [5, 5.41) is 0. The lowest BCUT2D eigenvalue weighted by atomic mass is 9.96. The molecule has 0 fully saturated rings. The second kappa shape index (κ2) is 12.9. The minimum Gasteiger partial charge on any atom is -0.458 e. The first-order valence-corrected chi connectivity index (χ1v) is 7.89. The summed E-state index contributed by atoms with van der Waals surface area (Å²) >= 11 is 0. The Kier molecular flexibility index (Phi) is 12.2. The van der Waals surface area contributed by atoms with Crippen LogP contribution in [0.5, 0.6) is 0 Å². The number of allylic oxidation sites excluding steroid dienone is 2. The molecule has 0 aromatic rings. The third-order valence-electron chi connectivity index (χ3n) is 3.56. The Bertz CT molecular complexity index is 439. The van der Waals surface area contributed by atoms with Gasteiger partial charge >= 0.3 is 5.97 Å². The highest BCUT2D eigenvalue weighted by Crippen LogP contribution is 2.19. The van der Waals surface area contributed by atoms with Crippen molar-refractivity contribution in [1.82, 2.24) is 0 Å². The normalized spacial score (nSPS) is 30.9. The fourth-order valence-corrected chi connectivity index (χ4v) is 2.44. The summed E-state index contributed by atoms with van der Waals surface area (Å²) in [6.45, 7) is 4.47. The van der Waals surface area contributed by atoms with Gasteiger partial charge < -0.3 is 18.9 Å². The van der Waals surface area contributed by atoms with Crippen LogP contribution in [0, 0.1) is 5.92 Å². The number of cyclic esters (lactones) is 1. The number of carbonyl (C=O) groups excluding carboxylic acids is 1. The third-order valence-corrected chi connectivity index (χ3v) is 3.56. The van der Waals surface area contributed by atoms with Crippen LogP contribution >= 0.6 is 0 Å². The van der Waals surface area contributed by atoms with Crippen molar-refractivity contribution >= 4 is 5.97 Å². The van der Waals surface area contributed by atoms with Crippen molar-refractivity contribution in [2.45, 2.75) is 46.3 Å². The second-order valence-electron chi connectivity index (χ2n) is 5.63. The monoisotopic (exact) mass is 340 g/mol. The molecule has 0 bridgehead atoms. The molecule has 0 aliphatic carbocycles. The lowest BCUT2D eigenvalue weighted by Gasteiger charge is -2.28. The SMILES string of the molecule is C.COCO[C@H]1[C@H](C)/C=C(/C)COC(=O)/C=C/CC/C=C/[C@@H]1OC. The van der Waals surface area contributed by atoms with E-state index in [2.05, 4.69) is 6.92 Å². The van der Waals surface area contributed by atoms with Crippen LogP contribution in [0.1, 0.15) is 34.1 Å². The van der Waals surface area contributed by atoms with Crippen LogP contribution in [0.2, 0.25) is 0 Å². The van der Waals surface area contributed by atoms with E-state index in [4.69, 9.17) is 18.9 Å². The van der Waals surface area contributed by atoms with Gasteiger partial charge in [-0.1, -0.05) is 38.7 Å². The van der Waals surface area contributed by atoms with E-state index >= 15 is 0 Å². The lowest BCUT2D eigenvalue weighted by molar-refractivity contribution is -0.136. The molecule has 0 aromatic heterocycles. The van der Waals surface area contributed by atoms with Gasteiger partial charge in [-0.15, -0.1) is 0 Å². The largest absolute Gasteiger partial charge is 0.458 e. The van der Waals surface area contributed by atoms with Crippen molar-refractivity contribution in [3.05, 3.63) is 36.0 Å². The molecular formula is C19H32O5. The molecule has 24 heavy (non-hydrogen) atoms. The molecule has 5 nitrogen and oxygen atoms in total. The fourth-order valence-electron chi connectivity index (χ4n) is 2.44. The van der Waals surface area contributed by atoms with Crippen molar-refractivity contribution in [3.8, 4) is 0 Å². The molecule has 138 valence electrons. The molecule has 0 unspecified atom stereocenters. The van der Waals surface area contributed by atoms with Gasteiger partial charge in [0, 0.05) is 26.2 Å². The lowest BCUT2D eigenvalue weighted by Crippen LogP contribution is -2.35. The van der Waals surface area contributed by atoms with Crippen molar-refractivity contribution in [2.75, 3.05) is 27.6 Å². The summed E-state index contributed by atoms with van der Waals surface area (Å²) in [6, 6.07) is 0. The fraction of sp³-hybridized carbons (Fsp3) is 0.632. The molecule has 0 N–H and O–H groups in total. The zero-order chi connectivity index (χ0) is 17.1. The molecule has 0 saturated heterocycles. The van der Waals surface area contributed by atoms with Crippen LogP contribution in [0.4, 0.5) is 0 Å². The van der Waals surface area contributed by atoms with Gasteiger partial charge in [0.15, 0.2) is 0 Å². The van der Waals surface area contributed by atoms with Gasteiger partial charge in [-0.25, -0.2) is 4.79 Å². The molecule has 0 radical (unpaired) electrons. The maximum atomic E-state index is 11.6. The number of methoxy groups -OCH3 is 2. The molecule has 1 heterocycles. The minimum absolute atomic E-state index is 0. The Labute approximate surface area is 146 Å². The van der Waals surface area contributed by atoms with Crippen molar-refractivity contribution in [1.29, 1.82) is 0 Å². The molecule has 1 aliphatic rings. The molecule has 0 saturated carbocycles. The van der Waals surface area contributed by atoms with E-state index in [0.29, 0.717) is 0 Å². The van der Waals surface area contributed by atoms with E-state index in [1.165, 1.54) is 6.08 Å². The average molecular weight is 340 g/mol. The second-order valence-corrected chi connectivity index (χ2v) is 5.63. The molecule has 3 atom stereocenters. The first-order valence-electron chi connectivity index (χ1n) is 7.89. The first kappa shape index (κ1) is 22.6. The minimum atomic E-state index is -0.312. The van der Waals surface area contributed by atoms with Crippen LogP contribution in [0.25, 0.3) is 0 Å². The van der Waals surface area contributed by atoms with E-state index in [1.807, 2.05) is 31.2 Å². The van der Waals surface area contributed by atoms with Gasteiger partial charge in [-0.05, 0) is 25.3 Å². The predicted octanol–water partition coefficient (Wildman–Crippen LogP) is 3.66. The standard InChI is InChI=1S/C18H28O5.CH4/c1-14-11-15(2)18(23-13-20-3)16(21-4)9-7-5-6-8-10-17(19)22-12-14;/h7-11,15-16,18H,5-6,12-13H2,1-4H3;1H4/b9-7+,10-8+,14-11-;/t15-,16+,18+;/m1./s1. The Morgan fingerprint density at radius 2 is 1.96 bits per heavy atom. The van der Waals surface area contributed by atoms with Gasteiger partial charge in [-0.3, -0.25) is 0 Å². The Morgan fingerprint density at radius 1 is 1.25 bits per heavy atom. The van der Waals surface area contributed by atoms with Crippen molar-refractivity contribution in [2.24, 2.45) is 5.92 Å². The van der Waals surface area contributed by atoms with Crippen LogP contribution in [-0.4, -0.2) is 45.8 Å². The highest BCUT2D eigenvalue weighted by atomic mass is 16.7. The number of hydrogen-bond acceptors (Lipinski definition) is 5. The van der Waals surface area contributed by atoms with E-state index in [-0.39, 0.29) is 44.9 Å².